The molecule has 0 radical (unpaired) electrons. The van der Waals surface area contributed by atoms with Gasteiger partial charge in [-0.25, -0.2) is 4.98 Å². The van der Waals surface area contributed by atoms with E-state index in [9.17, 15) is 14.9 Å². The summed E-state index contributed by atoms with van der Waals surface area (Å²) in [6.07, 6.45) is 0. The highest BCUT2D eigenvalue weighted by atomic mass is 35.5. The molecule has 0 spiro atoms. The fourth-order valence-corrected chi connectivity index (χ4v) is 3.87. The molecule has 2 aromatic carbocycles. The first-order valence-corrected chi connectivity index (χ1v) is 10.2. The van der Waals surface area contributed by atoms with E-state index in [1.807, 2.05) is 33.8 Å². The van der Waals surface area contributed by atoms with Crippen LogP contribution in [-0.2, 0) is 0 Å². The number of halogens is 1. The van der Waals surface area contributed by atoms with Crippen molar-refractivity contribution in [1.29, 1.82) is 0 Å². The van der Waals surface area contributed by atoms with Gasteiger partial charge in [-0.1, -0.05) is 23.2 Å². The van der Waals surface area contributed by atoms with Gasteiger partial charge in [0.2, 0.25) is 0 Å². The maximum atomic E-state index is 12.8. The lowest BCUT2D eigenvalue weighted by molar-refractivity contribution is -0.384. The van der Waals surface area contributed by atoms with E-state index in [-0.39, 0.29) is 16.3 Å². The van der Waals surface area contributed by atoms with Crippen LogP contribution in [0.15, 0.2) is 42.5 Å². The maximum absolute atomic E-state index is 12.8. The van der Waals surface area contributed by atoms with Gasteiger partial charge in [0.15, 0.2) is 5.82 Å². The van der Waals surface area contributed by atoms with Crippen LogP contribution in [-0.4, -0.2) is 25.6 Å². The summed E-state index contributed by atoms with van der Waals surface area (Å²) in [4.78, 5) is 28.1. The van der Waals surface area contributed by atoms with Gasteiger partial charge < -0.3 is 5.32 Å². The number of fused-ring (bicyclic) bond motifs is 1. The summed E-state index contributed by atoms with van der Waals surface area (Å²) in [5, 5.41) is 19.5. The first-order valence-electron chi connectivity index (χ1n) is 9.85. The number of nitrogens with zero attached hydrogens (tertiary/aromatic N) is 4. The minimum absolute atomic E-state index is 0.0334. The molecular weight excluding hydrogens is 430 g/mol. The summed E-state index contributed by atoms with van der Waals surface area (Å²) < 4.78 is 1.56. The number of carbonyl (C=O) groups excluding carboxylic acids is 1. The number of aromatic nitrogens is 3. The Balaban J connectivity index is 1.75. The SMILES string of the molecule is Cc1cc(C)c2nc(-n3nc(C)cc3NC(=O)c3ccc(Cl)c([N+](=O)[O-])c3)cc(C)c2c1. The Labute approximate surface area is 189 Å². The number of benzene rings is 2. The molecule has 9 heteroatoms. The van der Waals surface area contributed by atoms with Gasteiger partial charge in [-0.3, -0.25) is 14.9 Å². The van der Waals surface area contributed by atoms with Gasteiger partial charge in [0, 0.05) is 23.1 Å². The van der Waals surface area contributed by atoms with Crippen LogP contribution in [0.2, 0.25) is 5.02 Å². The molecule has 162 valence electrons. The molecule has 0 bridgehead atoms. The van der Waals surface area contributed by atoms with E-state index in [0.29, 0.717) is 17.3 Å². The number of nitrogens with one attached hydrogen (secondary N) is 1. The lowest BCUT2D eigenvalue weighted by Gasteiger charge is -2.12. The van der Waals surface area contributed by atoms with E-state index in [0.717, 1.165) is 33.7 Å². The smallest absolute Gasteiger partial charge is 0.288 e. The molecule has 0 fully saturated rings. The van der Waals surface area contributed by atoms with Crippen molar-refractivity contribution in [3.8, 4) is 5.82 Å². The molecule has 0 atom stereocenters. The second-order valence-corrected chi connectivity index (χ2v) is 8.14. The summed E-state index contributed by atoms with van der Waals surface area (Å²) in [6.45, 7) is 7.87. The van der Waals surface area contributed by atoms with Crippen LogP contribution in [0.25, 0.3) is 16.7 Å². The van der Waals surface area contributed by atoms with Crippen molar-refractivity contribution in [3.63, 3.8) is 0 Å². The lowest BCUT2D eigenvalue weighted by Crippen LogP contribution is -2.16. The number of amides is 1. The van der Waals surface area contributed by atoms with Crippen LogP contribution in [0.3, 0.4) is 0 Å². The largest absolute Gasteiger partial charge is 0.306 e. The third-order valence-corrected chi connectivity index (χ3v) is 5.46. The van der Waals surface area contributed by atoms with E-state index in [4.69, 9.17) is 16.6 Å². The topological polar surface area (TPSA) is 103 Å². The second kappa shape index (κ2) is 8.05. The zero-order chi connectivity index (χ0) is 23.2. The number of nitro benzene ring substituents is 1. The van der Waals surface area contributed by atoms with Crippen molar-refractivity contribution in [2.24, 2.45) is 0 Å². The van der Waals surface area contributed by atoms with Gasteiger partial charge in [0.05, 0.1) is 16.1 Å². The van der Waals surface area contributed by atoms with Crippen molar-refractivity contribution < 1.29 is 9.72 Å². The molecule has 1 N–H and O–H groups in total. The molecule has 2 aromatic heterocycles. The molecule has 0 aliphatic rings. The van der Waals surface area contributed by atoms with E-state index in [2.05, 4.69) is 22.5 Å². The average molecular weight is 450 g/mol. The van der Waals surface area contributed by atoms with Gasteiger partial charge >= 0.3 is 0 Å². The Kier molecular flexibility index (Phi) is 5.40. The molecule has 4 rings (SSSR count). The molecule has 0 saturated carbocycles. The van der Waals surface area contributed by atoms with Crippen LogP contribution in [0.1, 0.15) is 32.7 Å². The zero-order valence-corrected chi connectivity index (χ0v) is 18.7. The van der Waals surface area contributed by atoms with Crippen molar-refractivity contribution in [2.45, 2.75) is 27.7 Å². The first-order chi connectivity index (χ1) is 15.1. The fraction of sp³-hybridized carbons (Fsp3) is 0.174. The molecule has 1 amide bonds. The quantitative estimate of drug-likeness (QED) is 0.328. The predicted molar refractivity (Wildman–Crippen MR) is 124 cm³/mol. The predicted octanol–water partition coefficient (Wildman–Crippen LogP) is 5.47. The molecule has 0 aliphatic carbocycles. The second-order valence-electron chi connectivity index (χ2n) is 7.74. The minimum Gasteiger partial charge on any atom is -0.306 e. The van der Waals surface area contributed by atoms with Gasteiger partial charge in [0.25, 0.3) is 11.6 Å². The van der Waals surface area contributed by atoms with Crippen molar-refractivity contribution >= 4 is 39.9 Å². The standard InChI is InChI=1S/C23H20ClN5O3/c1-12-7-14(3)22-17(8-12)13(2)9-20(25-22)28-21(10-15(4)27-28)26-23(30)16-5-6-18(24)19(11-16)29(31)32/h5-11H,1-4H3,(H,26,30). The third kappa shape index (κ3) is 3.92. The summed E-state index contributed by atoms with van der Waals surface area (Å²) in [5.74, 6) is 0.448. The number of pyridine rings is 1. The zero-order valence-electron chi connectivity index (χ0n) is 17.9. The summed E-state index contributed by atoms with van der Waals surface area (Å²) in [5.41, 5.74) is 4.57. The summed E-state index contributed by atoms with van der Waals surface area (Å²) in [7, 11) is 0. The molecule has 0 unspecified atom stereocenters. The molecule has 32 heavy (non-hydrogen) atoms. The maximum Gasteiger partial charge on any atom is 0.288 e. The molecule has 4 aromatic rings. The highest BCUT2D eigenvalue weighted by Gasteiger charge is 2.19. The van der Waals surface area contributed by atoms with Crippen LogP contribution >= 0.6 is 11.6 Å². The van der Waals surface area contributed by atoms with E-state index < -0.39 is 10.8 Å². The first kappa shape index (κ1) is 21.5. The van der Waals surface area contributed by atoms with Gasteiger partial charge in [-0.2, -0.15) is 9.78 Å². The van der Waals surface area contributed by atoms with Gasteiger partial charge in [0.1, 0.15) is 10.8 Å². The summed E-state index contributed by atoms with van der Waals surface area (Å²) >= 11 is 5.85. The fourth-order valence-electron chi connectivity index (χ4n) is 3.68. The summed E-state index contributed by atoms with van der Waals surface area (Å²) in [6, 6.07) is 11.7. The average Bonchev–Trinajstić information content (AvgIpc) is 3.08. The van der Waals surface area contributed by atoms with E-state index in [1.165, 1.54) is 12.1 Å². The monoisotopic (exact) mass is 449 g/mol. The molecule has 0 saturated heterocycles. The molecular formula is C23H20ClN5O3. The Bertz CT molecular complexity index is 1410. The number of hydrogen-bond acceptors (Lipinski definition) is 5. The van der Waals surface area contributed by atoms with Crippen LogP contribution in [0.5, 0.6) is 0 Å². The van der Waals surface area contributed by atoms with Crippen LogP contribution in [0.4, 0.5) is 11.5 Å². The normalized spacial score (nSPS) is 11.0. The number of rotatable bonds is 4. The number of carbonyl (C=O) groups is 1. The Hall–Kier alpha value is -3.78. The van der Waals surface area contributed by atoms with Crippen LogP contribution in [0, 0.1) is 37.8 Å². The van der Waals surface area contributed by atoms with E-state index >= 15 is 0 Å². The Morgan fingerprint density at radius 3 is 2.53 bits per heavy atom. The minimum atomic E-state index is -0.626. The molecule has 8 nitrogen and oxygen atoms in total. The number of aryl methyl sites for hydroxylation is 4. The Morgan fingerprint density at radius 2 is 1.81 bits per heavy atom. The van der Waals surface area contributed by atoms with Crippen molar-refractivity contribution in [2.75, 3.05) is 5.32 Å². The van der Waals surface area contributed by atoms with Crippen LogP contribution < -0.4 is 5.32 Å². The van der Waals surface area contributed by atoms with Gasteiger partial charge in [-0.05, 0) is 63.1 Å². The van der Waals surface area contributed by atoms with E-state index in [1.54, 1.807) is 10.7 Å². The number of hydrogen-bond donors (Lipinski definition) is 1. The molecule has 0 aliphatic heterocycles. The van der Waals surface area contributed by atoms with Crippen molar-refractivity contribution in [3.05, 3.63) is 85.5 Å². The van der Waals surface area contributed by atoms with Gasteiger partial charge in [-0.15, -0.1) is 0 Å². The number of anilines is 1. The number of nitro groups is 1. The highest BCUT2D eigenvalue weighted by Crippen LogP contribution is 2.27. The molecule has 2 heterocycles. The third-order valence-electron chi connectivity index (χ3n) is 5.14. The Morgan fingerprint density at radius 1 is 1.06 bits per heavy atom. The van der Waals surface area contributed by atoms with Crippen molar-refractivity contribution in [1.82, 2.24) is 14.8 Å². The highest BCUT2D eigenvalue weighted by molar-refractivity contribution is 6.32. The lowest BCUT2D eigenvalue weighted by atomic mass is 10.0.